The fourth-order valence-electron chi connectivity index (χ4n) is 1.88. The summed E-state index contributed by atoms with van der Waals surface area (Å²) in [7, 11) is 0. The minimum Gasteiger partial charge on any atom is -0.477 e. The van der Waals surface area contributed by atoms with E-state index in [1.807, 2.05) is 20.8 Å². The number of thiazole rings is 1. The van der Waals surface area contributed by atoms with Crippen molar-refractivity contribution in [2.24, 2.45) is 5.41 Å². The summed E-state index contributed by atoms with van der Waals surface area (Å²) in [5.74, 6) is -1.55. The number of carboxylic acids is 1. The topological polar surface area (TPSA) is 108 Å². The van der Waals surface area contributed by atoms with Crippen LogP contribution in [0.5, 0.6) is 0 Å². The first-order valence-corrected chi connectivity index (χ1v) is 8.08. The Morgan fingerprint density at radius 1 is 1.26 bits per heavy atom. The molecule has 1 rings (SSSR count). The first-order chi connectivity index (χ1) is 10.5. The third kappa shape index (κ3) is 6.35. The van der Waals surface area contributed by atoms with Gasteiger partial charge in [0.1, 0.15) is 9.88 Å². The van der Waals surface area contributed by atoms with Crippen LogP contribution in [0, 0.1) is 12.3 Å². The Balaban J connectivity index is 2.52. The molecule has 1 atom stereocenters. The van der Waals surface area contributed by atoms with Crippen molar-refractivity contribution in [3.05, 3.63) is 15.6 Å². The van der Waals surface area contributed by atoms with E-state index in [0.717, 1.165) is 11.3 Å². The van der Waals surface area contributed by atoms with Crippen LogP contribution in [-0.4, -0.2) is 34.4 Å². The number of amides is 2. The molecule has 3 N–H and O–H groups in total. The van der Waals surface area contributed by atoms with Crippen molar-refractivity contribution in [2.75, 3.05) is 6.54 Å². The van der Waals surface area contributed by atoms with Crippen molar-refractivity contribution in [1.82, 2.24) is 15.6 Å². The molecule has 7 nitrogen and oxygen atoms in total. The Morgan fingerprint density at radius 3 is 2.35 bits per heavy atom. The third-order valence-corrected chi connectivity index (χ3v) is 4.22. The number of carbonyl (C=O) groups is 3. The molecule has 1 aromatic heterocycles. The van der Waals surface area contributed by atoms with Crippen molar-refractivity contribution in [2.45, 2.75) is 47.1 Å². The summed E-state index contributed by atoms with van der Waals surface area (Å²) in [6.07, 6.45) is 0.337. The molecule has 1 aromatic rings. The summed E-state index contributed by atoms with van der Waals surface area (Å²) in [4.78, 5) is 38.9. The molecule has 128 valence electrons. The number of carbonyl (C=O) groups excluding carboxylic acids is 2. The van der Waals surface area contributed by atoms with Crippen molar-refractivity contribution < 1.29 is 19.5 Å². The van der Waals surface area contributed by atoms with Crippen LogP contribution in [0.15, 0.2) is 0 Å². The van der Waals surface area contributed by atoms with Gasteiger partial charge in [-0.1, -0.05) is 20.8 Å². The highest BCUT2D eigenvalue weighted by atomic mass is 32.1. The minimum absolute atomic E-state index is 0.116. The van der Waals surface area contributed by atoms with Gasteiger partial charge in [0, 0.05) is 6.42 Å². The molecule has 8 heteroatoms. The van der Waals surface area contributed by atoms with Gasteiger partial charge in [-0.3, -0.25) is 9.59 Å². The first-order valence-electron chi connectivity index (χ1n) is 7.26. The van der Waals surface area contributed by atoms with Crippen LogP contribution in [-0.2, 0) is 9.59 Å². The zero-order valence-electron chi connectivity index (χ0n) is 14.0. The van der Waals surface area contributed by atoms with Gasteiger partial charge < -0.3 is 15.7 Å². The van der Waals surface area contributed by atoms with Crippen LogP contribution in [0.1, 0.15) is 60.5 Å². The van der Waals surface area contributed by atoms with Crippen molar-refractivity contribution in [1.29, 1.82) is 0 Å². The molecule has 2 amide bonds. The molecule has 23 heavy (non-hydrogen) atoms. The van der Waals surface area contributed by atoms with E-state index in [0.29, 0.717) is 17.1 Å². The number of rotatable bonds is 6. The second-order valence-corrected chi connectivity index (χ2v) is 7.61. The Kier molecular flexibility index (Phi) is 6.26. The molecule has 1 unspecified atom stereocenters. The number of nitrogens with one attached hydrogen (secondary N) is 2. The highest BCUT2D eigenvalue weighted by molar-refractivity contribution is 7.13. The van der Waals surface area contributed by atoms with Crippen molar-refractivity contribution >= 4 is 29.1 Å². The number of carboxylic acid groups (broad SMARTS) is 1. The highest BCUT2D eigenvalue weighted by Crippen LogP contribution is 2.23. The van der Waals surface area contributed by atoms with E-state index in [4.69, 9.17) is 5.11 Å². The molecule has 0 bridgehead atoms. The Bertz CT molecular complexity index is 604. The molecule has 0 aromatic carbocycles. The minimum atomic E-state index is -1.03. The van der Waals surface area contributed by atoms with Gasteiger partial charge in [0.2, 0.25) is 11.8 Å². The van der Waals surface area contributed by atoms with Crippen LogP contribution < -0.4 is 10.6 Å². The quantitative estimate of drug-likeness (QED) is 0.732. The number of nitrogens with zero attached hydrogens (tertiary/aromatic N) is 1. The maximum Gasteiger partial charge on any atom is 0.347 e. The number of aryl methyl sites for hydroxylation is 1. The standard InChI is InChI=1S/C15H23N3O4S/c1-8-12(14(21)22)23-13(18-8)9(2)17-11(20)7-16-10(19)6-15(3,4)5/h9H,6-7H2,1-5H3,(H,16,19)(H,17,20)(H,21,22). The van der Waals surface area contributed by atoms with Gasteiger partial charge in [-0.15, -0.1) is 11.3 Å². The molecule has 1 heterocycles. The number of hydrogen-bond acceptors (Lipinski definition) is 5. The smallest absolute Gasteiger partial charge is 0.347 e. The van der Waals surface area contributed by atoms with Gasteiger partial charge >= 0.3 is 5.97 Å². The van der Waals surface area contributed by atoms with Gasteiger partial charge in [0.15, 0.2) is 0 Å². The lowest BCUT2D eigenvalue weighted by Gasteiger charge is -2.17. The summed E-state index contributed by atoms with van der Waals surface area (Å²) in [6.45, 7) is 9.05. The second kappa shape index (κ2) is 7.54. The molecule has 0 aliphatic heterocycles. The number of aromatic nitrogens is 1. The summed E-state index contributed by atoms with van der Waals surface area (Å²) in [6, 6.07) is -0.418. The van der Waals surface area contributed by atoms with E-state index in [9.17, 15) is 14.4 Å². The average molecular weight is 341 g/mol. The Hall–Kier alpha value is -1.96. The summed E-state index contributed by atoms with van der Waals surface area (Å²) in [5.41, 5.74) is 0.288. The predicted molar refractivity (Wildman–Crippen MR) is 87.4 cm³/mol. The van der Waals surface area contributed by atoms with E-state index >= 15 is 0 Å². The molecule has 0 saturated carbocycles. The fraction of sp³-hybridized carbons (Fsp3) is 0.600. The predicted octanol–water partition coefficient (Wildman–Crippen LogP) is 1.88. The largest absolute Gasteiger partial charge is 0.477 e. The maximum absolute atomic E-state index is 11.9. The second-order valence-electron chi connectivity index (χ2n) is 6.58. The van der Waals surface area contributed by atoms with E-state index in [-0.39, 0.29) is 28.7 Å². The van der Waals surface area contributed by atoms with Gasteiger partial charge in [0.25, 0.3) is 0 Å². The maximum atomic E-state index is 11.9. The first kappa shape index (κ1) is 19.1. The van der Waals surface area contributed by atoms with Crippen LogP contribution in [0.4, 0.5) is 0 Å². The van der Waals surface area contributed by atoms with Crippen molar-refractivity contribution in [3.8, 4) is 0 Å². The number of aromatic carboxylic acids is 1. The molecular formula is C15H23N3O4S. The van der Waals surface area contributed by atoms with Crippen LogP contribution >= 0.6 is 11.3 Å². The molecule has 0 spiro atoms. The number of hydrogen-bond donors (Lipinski definition) is 3. The van der Waals surface area contributed by atoms with E-state index in [1.54, 1.807) is 13.8 Å². The lowest BCUT2D eigenvalue weighted by molar-refractivity contribution is -0.127. The summed E-state index contributed by atoms with van der Waals surface area (Å²) < 4.78 is 0. The van der Waals surface area contributed by atoms with Crippen LogP contribution in [0.3, 0.4) is 0 Å². The average Bonchev–Trinajstić information content (AvgIpc) is 2.76. The highest BCUT2D eigenvalue weighted by Gasteiger charge is 2.20. The fourth-order valence-corrected chi connectivity index (χ4v) is 2.79. The molecule has 0 radical (unpaired) electrons. The van der Waals surface area contributed by atoms with Gasteiger partial charge in [-0.05, 0) is 19.3 Å². The van der Waals surface area contributed by atoms with Gasteiger partial charge in [-0.2, -0.15) is 0 Å². The molecule has 0 aliphatic carbocycles. The zero-order chi connectivity index (χ0) is 17.8. The van der Waals surface area contributed by atoms with E-state index < -0.39 is 12.0 Å². The molecule has 0 fully saturated rings. The summed E-state index contributed by atoms with van der Waals surface area (Å²) in [5, 5.41) is 14.8. The molecule has 0 saturated heterocycles. The van der Waals surface area contributed by atoms with E-state index in [1.165, 1.54) is 0 Å². The monoisotopic (exact) mass is 341 g/mol. The van der Waals surface area contributed by atoms with Crippen LogP contribution in [0.2, 0.25) is 0 Å². The molecule has 0 aliphatic rings. The van der Waals surface area contributed by atoms with Crippen LogP contribution in [0.25, 0.3) is 0 Å². The lowest BCUT2D eigenvalue weighted by Crippen LogP contribution is -2.39. The Morgan fingerprint density at radius 2 is 1.87 bits per heavy atom. The lowest BCUT2D eigenvalue weighted by atomic mass is 9.92. The Labute approximate surface area is 139 Å². The van der Waals surface area contributed by atoms with Gasteiger partial charge in [-0.25, -0.2) is 9.78 Å². The molecular weight excluding hydrogens is 318 g/mol. The van der Waals surface area contributed by atoms with Crippen molar-refractivity contribution in [3.63, 3.8) is 0 Å². The van der Waals surface area contributed by atoms with E-state index in [2.05, 4.69) is 15.6 Å². The summed E-state index contributed by atoms with van der Waals surface area (Å²) >= 11 is 1.04. The third-order valence-electron chi connectivity index (χ3n) is 2.89. The zero-order valence-corrected chi connectivity index (χ0v) is 14.8. The SMILES string of the molecule is Cc1nc(C(C)NC(=O)CNC(=O)CC(C)(C)C)sc1C(=O)O. The normalized spacial score (nSPS) is 12.6. The van der Waals surface area contributed by atoms with Gasteiger partial charge in [0.05, 0.1) is 18.3 Å².